The molecule has 0 radical (unpaired) electrons. The predicted molar refractivity (Wildman–Crippen MR) is 88.1 cm³/mol. The summed E-state index contributed by atoms with van der Waals surface area (Å²) in [6.45, 7) is 1.95. The maximum atomic E-state index is 7.74. The first-order valence-electron chi connectivity index (χ1n) is 6.62. The van der Waals surface area contributed by atoms with E-state index in [1.165, 1.54) is 22.5 Å². The van der Waals surface area contributed by atoms with Crippen LogP contribution in [-0.2, 0) is 0 Å². The molecule has 3 nitrogen and oxygen atoms in total. The number of benzene rings is 2. The average Bonchev–Trinajstić information content (AvgIpc) is 2.47. The number of nitrogen functional groups attached to an aromatic ring is 1. The Labute approximate surface area is 127 Å². The molecular formula is C17H15N3S. The molecule has 0 aliphatic rings. The van der Waals surface area contributed by atoms with Crippen LogP contribution >= 0.6 is 11.8 Å². The molecule has 3 N–H and O–H groups in total. The summed E-state index contributed by atoms with van der Waals surface area (Å²) in [7, 11) is 0. The van der Waals surface area contributed by atoms with Crippen molar-refractivity contribution in [2.45, 2.75) is 16.8 Å². The van der Waals surface area contributed by atoms with Gasteiger partial charge in [0.15, 0.2) is 0 Å². The topological polar surface area (TPSA) is 62.8 Å². The largest absolute Gasteiger partial charge is 0.384 e. The molecule has 3 rings (SSSR count). The van der Waals surface area contributed by atoms with E-state index in [9.17, 15) is 0 Å². The second-order valence-corrected chi connectivity index (χ2v) is 5.89. The van der Waals surface area contributed by atoms with Crippen LogP contribution in [0.2, 0.25) is 0 Å². The molecule has 1 aromatic heterocycles. The Bertz CT molecular complexity index is 827. The Hall–Kier alpha value is -2.33. The van der Waals surface area contributed by atoms with Gasteiger partial charge in [-0.25, -0.2) is 4.98 Å². The van der Waals surface area contributed by atoms with Crippen LogP contribution in [0.5, 0.6) is 0 Å². The highest BCUT2D eigenvalue weighted by Crippen LogP contribution is 2.31. The van der Waals surface area contributed by atoms with Gasteiger partial charge < -0.3 is 5.73 Å². The molecule has 3 aromatic rings. The predicted octanol–water partition coefficient (Wildman–Crippen LogP) is 3.98. The molecule has 4 heteroatoms. The Morgan fingerprint density at radius 1 is 1.10 bits per heavy atom. The molecule has 2 aromatic carbocycles. The maximum Gasteiger partial charge on any atom is 0.125 e. The van der Waals surface area contributed by atoms with Gasteiger partial charge in [0.2, 0.25) is 0 Å². The molecule has 0 bridgehead atoms. The molecule has 1 heterocycles. The van der Waals surface area contributed by atoms with Crippen LogP contribution in [-0.4, -0.2) is 10.8 Å². The molecule has 0 spiro atoms. The monoisotopic (exact) mass is 293 g/mol. The number of pyridine rings is 1. The summed E-state index contributed by atoms with van der Waals surface area (Å²) >= 11 is 1.54. The number of hydrogen-bond donors (Lipinski definition) is 2. The van der Waals surface area contributed by atoms with Crippen molar-refractivity contribution < 1.29 is 0 Å². The Morgan fingerprint density at radius 3 is 2.62 bits per heavy atom. The van der Waals surface area contributed by atoms with Gasteiger partial charge in [0, 0.05) is 11.1 Å². The summed E-state index contributed by atoms with van der Waals surface area (Å²) in [6, 6.07) is 16.4. The summed E-state index contributed by atoms with van der Waals surface area (Å²) < 4.78 is 0. The number of nitrogens with one attached hydrogen (secondary N) is 1. The average molecular weight is 293 g/mol. The van der Waals surface area contributed by atoms with E-state index in [2.05, 4.69) is 35.3 Å². The van der Waals surface area contributed by atoms with Gasteiger partial charge in [-0.05, 0) is 41.5 Å². The molecule has 0 aliphatic carbocycles. The Morgan fingerprint density at radius 2 is 1.86 bits per heavy atom. The van der Waals surface area contributed by atoms with Crippen molar-refractivity contribution in [1.82, 2.24) is 4.98 Å². The Kier molecular flexibility index (Phi) is 3.62. The van der Waals surface area contributed by atoms with Gasteiger partial charge in [0.25, 0.3) is 0 Å². The minimum atomic E-state index is 0.0592. The maximum absolute atomic E-state index is 7.74. The lowest BCUT2D eigenvalue weighted by Crippen LogP contribution is -2.14. The number of aromatic nitrogens is 1. The minimum absolute atomic E-state index is 0.0592. The molecule has 0 atom stereocenters. The lowest BCUT2D eigenvalue weighted by Gasteiger charge is -2.10. The molecule has 0 unspecified atom stereocenters. The van der Waals surface area contributed by atoms with Gasteiger partial charge >= 0.3 is 0 Å². The van der Waals surface area contributed by atoms with Crippen LogP contribution in [0, 0.1) is 12.3 Å². The third kappa shape index (κ3) is 2.76. The van der Waals surface area contributed by atoms with Gasteiger partial charge in [-0.3, -0.25) is 5.41 Å². The van der Waals surface area contributed by atoms with Gasteiger partial charge in [0.1, 0.15) is 10.9 Å². The Balaban J connectivity index is 2.02. The van der Waals surface area contributed by atoms with Gasteiger partial charge in [-0.15, -0.1) is 0 Å². The van der Waals surface area contributed by atoms with Crippen molar-refractivity contribution in [1.29, 1.82) is 5.41 Å². The summed E-state index contributed by atoms with van der Waals surface area (Å²) in [5.41, 5.74) is 7.38. The third-order valence-corrected chi connectivity index (χ3v) is 4.32. The number of fused-ring (bicyclic) bond motifs is 1. The van der Waals surface area contributed by atoms with E-state index < -0.39 is 0 Å². The zero-order valence-corrected chi connectivity index (χ0v) is 12.4. The first-order valence-corrected chi connectivity index (χ1v) is 7.43. The first-order chi connectivity index (χ1) is 10.1. The molecular weight excluding hydrogens is 278 g/mol. The SMILES string of the molecule is Cc1ccnc(Sc2ccc3ccccc3c2)c1C(=N)N. The van der Waals surface area contributed by atoms with E-state index in [0.29, 0.717) is 0 Å². The van der Waals surface area contributed by atoms with Gasteiger partial charge in [-0.1, -0.05) is 42.1 Å². The van der Waals surface area contributed by atoms with Gasteiger partial charge in [-0.2, -0.15) is 0 Å². The van der Waals surface area contributed by atoms with Gasteiger partial charge in [0.05, 0.1) is 5.56 Å². The normalized spacial score (nSPS) is 10.7. The third-order valence-electron chi connectivity index (χ3n) is 3.33. The zero-order valence-electron chi connectivity index (χ0n) is 11.6. The summed E-state index contributed by atoms with van der Waals surface area (Å²) in [5.74, 6) is 0.0592. The zero-order chi connectivity index (χ0) is 14.8. The van der Waals surface area contributed by atoms with Crippen LogP contribution in [0.25, 0.3) is 10.8 Å². The first kappa shape index (κ1) is 13.6. The van der Waals surface area contributed by atoms with E-state index >= 15 is 0 Å². The minimum Gasteiger partial charge on any atom is -0.384 e. The van der Waals surface area contributed by atoms with Crippen molar-refractivity contribution in [3.05, 3.63) is 65.9 Å². The van der Waals surface area contributed by atoms with E-state index in [1.807, 2.05) is 25.1 Å². The quantitative estimate of drug-likeness (QED) is 0.567. The van der Waals surface area contributed by atoms with E-state index in [4.69, 9.17) is 11.1 Å². The number of nitrogens with zero attached hydrogens (tertiary/aromatic N) is 1. The number of aryl methyl sites for hydroxylation is 1. The lowest BCUT2D eigenvalue weighted by molar-refractivity contribution is 1.09. The van der Waals surface area contributed by atoms with Crippen LogP contribution in [0.4, 0.5) is 0 Å². The molecule has 0 fully saturated rings. The highest BCUT2D eigenvalue weighted by atomic mass is 32.2. The fraction of sp³-hybridized carbons (Fsp3) is 0.0588. The molecule has 0 aliphatic heterocycles. The highest BCUT2D eigenvalue weighted by Gasteiger charge is 2.11. The number of nitrogens with two attached hydrogens (primary N) is 1. The lowest BCUT2D eigenvalue weighted by atomic mass is 10.1. The van der Waals surface area contributed by atoms with E-state index in [1.54, 1.807) is 6.20 Å². The van der Waals surface area contributed by atoms with Crippen molar-refractivity contribution in [2.75, 3.05) is 0 Å². The van der Waals surface area contributed by atoms with Crippen LogP contribution in [0.1, 0.15) is 11.1 Å². The fourth-order valence-electron chi connectivity index (χ4n) is 2.28. The van der Waals surface area contributed by atoms with Crippen molar-refractivity contribution in [2.24, 2.45) is 5.73 Å². The number of rotatable bonds is 3. The van der Waals surface area contributed by atoms with Crippen LogP contribution in [0.3, 0.4) is 0 Å². The van der Waals surface area contributed by atoms with Crippen molar-refractivity contribution >= 4 is 28.4 Å². The van der Waals surface area contributed by atoms with Crippen LogP contribution < -0.4 is 5.73 Å². The summed E-state index contributed by atoms with van der Waals surface area (Å²) in [6.07, 6.45) is 1.76. The summed E-state index contributed by atoms with van der Waals surface area (Å²) in [5, 5.41) is 10.9. The molecule has 0 saturated heterocycles. The molecule has 104 valence electrons. The van der Waals surface area contributed by atoms with E-state index in [0.717, 1.165) is 21.0 Å². The highest BCUT2D eigenvalue weighted by molar-refractivity contribution is 7.99. The molecule has 0 saturated carbocycles. The number of hydrogen-bond acceptors (Lipinski definition) is 3. The molecule has 0 amide bonds. The van der Waals surface area contributed by atoms with Crippen LogP contribution in [0.15, 0.2) is 64.6 Å². The smallest absolute Gasteiger partial charge is 0.125 e. The van der Waals surface area contributed by atoms with E-state index in [-0.39, 0.29) is 5.84 Å². The fourth-order valence-corrected chi connectivity index (χ4v) is 3.31. The second kappa shape index (κ2) is 5.58. The second-order valence-electron chi connectivity index (χ2n) is 4.83. The number of amidine groups is 1. The molecule has 21 heavy (non-hydrogen) atoms. The summed E-state index contributed by atoms with van der Waals surface area (Å²) in [4.78, 5) is 5.47. The van der Waals surface area contributed by atoms with Crippen molar-refractivity contribution in [3.8, 4) is 0 Å². The standard InChI is InChI=1S/C17H15N3S/c1-11-8-9-20-17(15(11)16(18)19)21-14-7-6-12-4-2-3-5-13(12)10-14/h2-10H,1H3,(H3,18,19). The van der Waals surface area contributed by atoms with Crippen molar-refractivity contribution in [3.63, 3.8) is 0 Å².